The SMILES string of the molecule is O=C(CSc1ccc(F)cc1)Cc1cn2ccsc2n1. The van der Waals surface area contributed by atoms with E-state index in [0.29, 0.717) is 12.2 Å². The fraction of sp³-hybridized carbons (Fsp3) is 0.143. The Morgan fingerprint density at radius 2 is 2.15 bits per heavy atom. The van der Waals surface area contributed by atoms with Crippen LogP contribution in [0, 0.1) is 5.82 Å². The lowest BCUT2D eigenvalue weighted by atomic mass is 10.2. The van der Waals surface area contributed by atoms with Gasteiger partial charge in [0.05, 0.1) is 17.9 Å². The van der Waals surface area contributed by atoms with Crippen molar-refractivity contribution in [1.29, 1.82) is 0 Å². The molecule has 0 atom stereocenters. The van der Waals surface area contributed by atoms with Crippen LogP contribution in [0.4, 0.5) is 4.39 Å². The van der Waals surface area contributed by atoms with Crippen molar-refractivity contribution in [3.05, 3.63) is 53.6 Å². The highest BCUT2D eigenvalue weighted by Gasteiger charge is 2.09. The summed E-state index contributed by atoms with van der Waals surface area (Å²) in [6.07, 6.45) is 4.14. The number of imidazole rings is 1. The Bertz CT molecular complexity index is 705. The van der Waals surface area contributed by atoms with Crippen LogP contribution in [0.25, 0.3) is 4.96 Å². The molecule has 0 saturated heterocycles. The van der Waals surface area contributed by atoms with Crippen LogP contribution < -0.4 is 0 Å². The van der Waals surface area contributed by atoms with Crippen molar-refractivity contribution in [2.75, 3.05) is 5.75 Å². The molecule has 20 heavy (non-hydrogen) atoms. The molecule has 0 saturated carbocycles. The molecule has 0 unspecified atom stereocenters. The number of carbonyl (C=O) groups excluding carboxylic acids is 1. The lowest BCUT2D eigenvalue weighted by molar-refractivity contribution is -0.116. The first-order valence-corrected chi connectivity index (χ1v) is 7.88. The van der Waals surface area contributed by atoms with Gasteiger partial charge in [-0.3, -0.25) is 9.20 Å². The van der Waals surface area contributed by atoms with Gasteiger partial charge in [0, 0.05) is 22.7 Å². The van der Waals surface area contributed by atoms with E-state index in [9.17, 15) is 9.18 Å². The van der Waals surface area contributed by atoms with Crippen LogP contribution >= 0.6 is 23.1 Å². The van der Waals surface area contributed by atoms with Gasteiger partial charge in [0.2, 0.25) is 0 Å². The fourth-order valence-corrected chi connectivity index (χ4v) is 3.29. The second-order valence-corrected chi connectivity index (χ2v) is 6.20. The molecule has 0 bridgehead atoms. The topological polar surface area (TPSA) is 34.4 Å². The molecule has 0 aliphatic heterocycles. The Labute approximate surface area is 123 Å². The predicted octanol–water partition coefficient (Wildman–Crippen LogP) is 3.44. The largest absolute Gasteiger partial charge is 0.298 e. The second-order valence-electron chi connectivity index (χ2n) is 4.28. The molecule has 3 aromatic rings. The average molecular weight is 306 g/mol. The Morgan fingerprint density at radius 3 is 2.90 bits per heavy atom. The quantitative estimate of drug-likeness (QED) is 0.677. The van der Waals surface area contributed by atoms with Crippen molar-refractivity contribution in [2.45, 2.75) is 11.3 Å². The van der Waals surface area contributed by atoms with Gasteiger partial charge in [-0.25, -0.2) is 9.37 Å². The number of thioether (sulfide) groups is 1. The summed E-state index contributed by atoms with van der Waals surface area (Å²) >= 11 is 2.96. The molecule has 1 aromatic carbocycles. The smallest absolute Gasteiger partial charge is 0.193 e. The third kappa shape index (κ3) is 3.08. The minimum absolute atomic E-state index is 0.116. The molecule has 0 spiro atoms. The van der Waals surface area contributed by atoms with Gasteiger partial charge in [-0.1, -0.05) is 0 Å². The summed E-state index contributed by atoms with van der Waals surface area (Å²) in [5, 5.41) is 1.96. The maximum Gasteiger partial charge on any atom is 0.193 e. The Morgan fingerprint density at radius 1 is 1.35 bits per heavy atom. The Balaban J connectivity index is 1.57. The third-order valence-electron chi connectivity index (χ3n) is 2.73. The summed E-state index contributed by atoms with van der Waals surface area (Å²) in [4.78, 5) is 18.1. The van der Waals surface area contributed by atoms with E-state index >= 15 is 0 Å². The van der Waals surface area contributed by atoms with E-state index in [-0.39, 0.29) is 11.6 Å². The summed E-state index contributed by atoms with van der Waals surface area (Å²) < 4.78 is 14.7. The summed E-state index contributed by atoms with van der Waals surface area (Å²) in [5.41, 5.74) is 0.793. The van der Waals surface area contributed by atoms with E-state index in [0.717, 1.165) is 15.6 Å². The van der Waals surface area contributed by atoms with Crippen molar-refractivity contribution < 1.29 is 9.18 Å². The number of benzene rings is 1. The van der Waals surface area contributed by atoms with Gasteiger partial charge < -0.3 is 0 Å². The molecule has 6 heteroatoms. The molecule has 0 N–H and O–H groups in total. The number of hydrogen-bond donors (Lipinski definition) is 0. The van der Waals surface area contributed by atoms with Crippen molar-refractivity contribution in [3.63, 3.8) is 0 Å². The summed E-state index contributed by atoms with van der Waals surface area (Å²) in [6.45, 7) is 0. The lowest BCUT2D eigenvalue weighted by Gasteiger charge is -2.00. The number of thiazole rings is 1. The van der Waals surface area contributed by atoms with E-state index in [1.54, 1.807) is 23.5 Å². The first-order chi connectivity index (χ1) is 9.70. The van der Waals surface area contributed by atoms with Crippen molar-refractivity contribution >= 4 is 33.8 Å². The van der Waals surface area contributed by atoms with E-state index in [4.69, 9.17) is 0 Å². The van der Waals surface area contributed by atoms with Crippen LogP contribution in [0.3, 0.4) is 0 Å². The number of nitrogens with zero attached hydrogens (tertiary/aromatic N) is 2. The number of rotatable bonds is 5. The van der Waals surface area contributed by atoms with Crippen LogP contribution in [0.1, 0.15) is 5.69 Å². The van der Waals surface area contributed by atoms with Gasteiger partial charge in [-0.15, -0.1) is 23.1 Å². The molecule has 102 valence electrons. The molecule has 3 nitrogen and oxygen atoms in total. The molecule has 0 fully saturated rings. The highest BCUT2D eigenvalue weighted by Crippen LogP contribution is 2.19. The summed E-state index contributed by atoms with van der Waals surface area (Å²) in [6, 6.07) is 6.16. The van der Waals surface area contributed by atoms with Crippen LogP contribution in [-0.4, -0.2) is 20.9 Å². The number of hydrogen-bond acceptors (Lipinski definition) is 4. The van der Waals surface area contributed by atoms with Gasteiger partial charge in [0.15, 0.2) is 4.96 Å². The first kappa shape index (κ1) is 13.3. The van der Waals surface area contributed by atoms with E-state index in [1.165, 1.54) is 23.9 Å². The van der Waals surface area contributed by atoms with Gasteiger partial charge >= 0.3 is 0 Å². The zero-order chi connectivity index (χ0) is 13.9. The summed E-state index contributed by atoms with van der Waals surface area (Å²) in [5.74, 6) is 0.223. The van der Waals surface area contributed by atoms with Crippen molar-refractivity contribution in [3.8, 4) is 0 Å². The number of Topliss-reactive ketones (excluding diaryl/α,β-unsaturated/α-hetero) is 1. The van der Waals surface area contributed by atoms with Crippen molar-refractivity contribution in [1.82, 2.24) is 9.38 Å². The second kappa shape index (κ2) is 5.76. The molecule has 2 heterocycles. The molecule has 0 aliphatic carbocycles. The van der Waals surface area contributed by atoms with Gasteiger partial charge in [0.1, 0.15) is 11.6 Å². The van der Waals surface area contributed by atoms with Gasteiger partial charge in [0.25, 0.3) is 0 Å². The lowest BCUT2D eigenvalue weighted by Crippen LogP contribution is -2.05. The van der Waals surface area contributed by atoms with Gasteiger partial charge in [-0.05, 0) is 24.3 Å². The molecule has 0 aliphatic rings. The minimum Gasteiger partial charge on any atom is -0.298 e. The van der Waals surface area contributed by atoms with Crippen LogP contribution in [0.5, 0.6) is 0 Å². The van der Waals surface area contributed by atoms with Crippen LogP contribution in [0.2, 0.25) is 0 Å². The first-order valence-electron chi connectivity index (χ1n) is 6.02. The Hall–Kier alpha value is -1.66. The zero-order valence-electron chi connectivity index (χ0n) is 10.5. The molecule has 0 amide bonds. The van der Waals surface area contributed by atoms with Gasteiger partial charge in [-0.2, -0.15) is 0 Å². The predicted molar refractivity (Wildman–Crippen MR) is 78.9 cm³/mol. The summed E-state index contributed by atoms with van der Waals surface area (Å²) in [7, 11) is 0. The molecule has 2 aromatic heterocycles. The number of aromatic nitrogens is 2. The van der Waals surface area contributed by atoms with Crippen LogP contribution in [-0.2, 0) is 11.2 Å². The van der Waals surface area contributed by atoms with E-state index in [2.05, 4.69) is 4.98 Å². The highest BCUT2D eigenvalue weighted by molar-refractivity contribution is 8.00. The fourth-order valence-electron chi connectivity index (χ4n) is 1.81. The van der Waals surface area contributed by atoms with E-state index < -0.39 is 0 Å². The monoisotopic (exact) mass is 306 g/mol. The number of halogens is 1. The normalized spacial score (nSPS) is 11.1. The highest BCUT2D eigenvalue weighted by atomic mass is 32.2. The number of ketones is 1. The number of carbonyl (C=O) groups is 1. The zero-order valence-corrected chi connectivity index (χ0v) is 12.1. The van der Waals surface area contributed by atoms with Crippen LogP contribution in [0.15, 0.2) is 46.9 Å². The van der Waals surface area contributed by atoms with E-state index in [1.807, 2.05) is 22.2 Å². The molecular formula is C14H11FN2OS2. The standard InChI is InChI=1S/C14H11FN2OS2/c15-10-1-3-13(4-2-10)20-9-12(18)7-11-8-17-5-6-19-14(17)16-11/h1-6,8H,7,9H2. The molecular weight excluding hydrogens is 295 g/mol. The molecule has 0 radical (unpaired) electrons. The maximum atomic E-state index is 12.8. The minimum atomic E-state index is -0.265. The number of fused-ring (bicyclic) bond motifs is 1. The molecule has 3 rings (SSSR count). The maximum absolute atomic E-state index is 12.8. The average Bonchev–Trinajstić information content (AvgIpc) is 2.99. The third-order valence-corrected chi connectivity index (χ3v) is 4.58. The Kier molecular flexibility index (Phi) is 3.84. The van der Waals surface area contributed by atoms with Crippen molar-refractivity contribution in [2.24, 2.45) is 0 Å².